The quantitative estimate of drug-likeness (QED) is 0.168. The van der Waals surface area contributed by atoms with Gasteiger partial charge in [-0.05, 0) is 70.1 Å². The maximum Gasteiger partial charge on any atom is 0.120 e. The zero-order valence-corrected chi connectivity index (χ0v) is 28.3. The van der Waals surface area contributed by atoms with Gasteiger partial charge in [0.05, 0.1) is 5.58 Å². The Labute approximate surface area is 279 Å². The number of pyridine rings is 2. The number of benzene rings is 4. The Bertz CT molecular complexity index is 2020. The Kier molecular flexibility index (Phi) is 9.26. The van der Waals surface area contributed by atoms with Gasteiger partial charge in [0.15, 0.2) is 0 Å². The summed E-state index contributed by atoms with van der Waals surface area (Å²) in [5.41, 5.74) is 9.63. The zero-order valence-electron chi connectivity index (χ0n) is 25.9. The normalized spacial score (nSPS) is 13.2. The van der Waals surface area contributed by atoms with Gasteiger partial charge in [0.1, 0.15) is 5.58 Å². The molecule has 1 aliphatic carbocycles. The largest absolute Gasteiger partial charge is 0.501 e. The van der Waals surface area contributed by atoms with E-state index >= 15 is 0 Å². The molecule has 4 aromatic carbocycles. The summed E-state index contributed by atoms with van der Waals surface area (Å²) in [5, 5.41) is 4.81. The van der Waals surface area contributed by atoms with Crippen molar-refractivity contribution < 1.29 is 24.5 Å². The molecule has 0 bridgehead atoms. The van der Waals surface area contributed by atoms with Gasteiger partial charge in [0.2, 0.25) is 0 Å². The van der Waals surface area contributed by atoms with Gasteiger partial charge >= 0.3 is 0 Å². The molecule has 0 N–H and O–H groups in total. The van der Waals surface area contributed by atoms with Crippen molar-refractivity contribution in [2.24, 2.45) is 0 Å². The second-order valence-electron chi connectivity index (χ2n) is 12.2. The van der Waals surface area contributed by atoms with Crippen LogP contribution >= 0.6 is 0 Å². The van der Waals surface area contributed by atoms with Crippen molar-refractivity contribution in [3.8, 4) is 22.5 Å². The third-order valence-electron chi connectivity index (χ3n) is 8.82. The van der Waals surface area contributed by atoms with E-state index in [9.17, 15) is 0 Å². The molecule has 8 rings (SSSR count). The molecule has 1 aliphatic rings. The summed E-state index contributed by atoms with van der Waals surface area (Å²) in [4.78, 5) is 9.21. The molecule has 0 saturated heterocycles. The van der Waals surface area contributed by atoms with Gasteiger partial charge in [-0.25, -0.2) is 0 Å². The fraction of sp³-hybridized carbons (Fsp3) is 0.220. The van der Waals surface area contributed by atoms with E-state index in [1.54, 1.807) is 6.20 Å². The summed E-state index contributed by atoms with van der Waals surface area (Å²) in [6, 6.07) is 37.9. The number of rotatable bonds is 4. The van der Waals surface area contributed by atoms with Crippen LogP contribution < -0.4 is 0 Å². The molecule has 45 heavy (non-hydrogen) atoms. The van der Waals surface area contributed by atoms with Crippen molar-refractivity contribution in [2.45, 2.75) is 58.3 Å². The van der Waals surface area contributed by atoms with Crippen LogP contribution in [0.4, 0.5) is 0 Å². The molecule has 4 heteroatoms. The Hall–Kier alpha value is -4.11. The Morgan fingerprint density at radius 2 is 1.60 bits per heavy atom. The summed E-state index contributed by atoms with van der Waals surface area (Å²) in [6.07, 6.45) is 9.19. The molecule has 3 aromatic heterocycles. The first-order valence-corrected chi connectivity index (χ1v) is 15.7. The first kappa shape index (κ1) is 30.9. The summed E-state index contributed by atoms with van der Waals surface area (Å²) >= 11 is 0. The van der Waals surface area contributed by atoms with Crippen molar-refractivity contribution in [2.75, 3.05) is 0 Å². The smallest absolute Gasteiger partial charge is 0.120 e. The van der Waals surface area contributed by atoms with E-state index in [1.165, 1.54) is 47.6 Å². The van der Waals surface area contributed by atoms with Crippen molar-refractivity contribution in [1.82, 2.24) is 9.97 Å². The number of furan rings is 1. The molecule has 0 spiro atoms. The first-order valence-electron chi connectivity index (χ1n) is 15.7. The number of fused-ring (bicyclic) bond motifs is 4. The van der Waals surface area contributed by atoms with Crippen molar-refractivity contribution >= 4 is 32.7 Å². The zero-order chi connectivity index (χ0) is 30.0. The van der Waals surface area contributed by atoms with E-state index in [4.69, 9.17) is 9.40 Å². The number of aromatic nitrogens is 2. The number of hydrogen-bond acceptors (Lipinski definition) is 3. The molecule has 0 aliphatic heterocycles. The Balaban J connectivity index is 0.000000231. The van der Waals surface area contributed by atoms with Crippen LogP contribution in [-0.2, 0) is 20.1 Å². The van der Waals surface area contributed by atoms with Gasteiger partial charge in [0, 0.05) is 37.9 Å². The summed E-state index contributed by atoms with van der Waals surface area (Å²) in [6.45, 7) is 6.62. The van der Waals surface area contributed by atoms with Crippen molar-refractivity contribution in [3.63, 3.8) is 0 Å². The minimum atomic E-state index is 0. The number of aryl methyl sites for hydroxylation is 1. The van der Waals surface area contributed by atoms with Crippen LogP contribution in [0.15, 0.2) is 108 Å². The van der Waals surface area contributed by atoms with E-state index < -0.39 is 0 Å². The van der Waals surface area contributed by atoms with E-state index in [2.05, 4.69) is 80.5 Å². The monoisotopic (exact) mass is 765 g/mol. The predicted molar refractivity (Wildman–Crippen MR) is 182 cm³/mol. The van der Waals surface area contributed by atoms with Gasteiger partial charge in [-0.3, -0.25) is 0 Å². The molecule has 227 valence electrons. The van der Waals surface area contributed by atoms with Crippen LogP contribution in [0.1, 0.15) is 68.1 Å². The molecule has 0 atom stereocenters. The van der Waals surface area contributed by atoms with Gasteiger partial charge in [-0.2, -0.15) is 0 Å². The predicted octanol–water partition coefficient (Wildman–Crippen LogP) is 11.2. The summed E-state index contributed by atoms with van der Waals surface area (Å²) < 4.78 is 6.35. The molecule has 7 aromatic rings. The fourth-order valence-electron chi connectivity index (χ4n) is 6.60. The third-order valence-corrected chi connectivity index (χ3v) is 8.82. The first-order chi connectivity index (χ1) is 21.6. The fourth-order valence-corrected chi connectivity index (χ4v) is 6.60. The standard InChI is InChI=1S/C30H28NO.C11H8N.Ir/c1-18(2)27-17-31-29(23-13-12-21(16-24(23)27)20-8-4-5-9-20)26-15-19(3)14-25-22-10-6-7-11-28(22)32-30(25)26;1-2-6-10(7-3-1)11-8-4-5-9-12-11;/h6-7,10-14,16-18,20H,4-5,8-9H2,1-3H3;1-6,8-9H;/q2*-1;. The number of para-hydroxylation sites is 1. The van der Waals surface area contributed by atoms with Crippen LogP contribution in [0.3, 0.4) is 0 Å². The number of nitrogens with zero attached hydrogens (tertiary/aromatic N) is 2. The van der Waals surface area contributed by atoms with E-state index in [0.717, 1.165) is 50.0 Å². The molecule has 1 fully saturated rings. The molecule has 0 unspecified atom stereocenters. The molecule has 1 radical (unpaired) electrons. The van der Waals surface area contributed by atoms with Crippen molar-refractivity contribution in [1.29, 1.82) is 0 Å². The van der Waals surface area contributed by atoms with Gasteiger partial charge < -0.3 is 14.4 Å². The van der Waals surface area contributed by atoms with Crippen LogP contribution in [0, 0.1) is 19.1 Å². The summed E-state index contributed by atoms with van der Waals surface area (Å²) in [5.74, 6) is 1.12. The Morgan fingerprint density at radius 1 is 0.800 bits per heavy atom. The molecular weight excluding hydrogens is 729 g/mol. The maximum atomic E-state index is 6.35. The van der Waals surface area contributed by atoms with Gasteiger partial charge in [0.25, 0.3) is 0 Å². The molecule has 3 nitrogen and oxygen atoms in total. The summed E-state index contributed by atoms with van der Waals surface area (Å²) in [7, 11) is 0. The van der Waals surface area contributed by atoms with Crippen molar-refractivity contribution in [3.05, 3.63) is 132 Å². The minimum absolute atomic E-state index is 0. The van der Waals surface area contributed by atoms with Crippen LogP contribution in [0.2, 0.25) is 0 Å². The molecule has 3 heterocycles. The number of hydrogen-bond donors (Lipinski definition) is 0. The van der Waals surface area contributed by atoms with Gasteiger partial charge in [-0.1, -0.05) is 93.1 Å². The molecule has 0 amide bonds. The maximum absolute atomic E-state index is 6.35. The third kappa shape index (κ3) is 6.23. The van der Waals surface area contributed by atoms with Crippen LogP contribution in [-0.4, -0.2) is 9.97 Å². The average molecular weight is 765 g/mol. The second-order valence-corrected chi connectivity index (χ2v) is 12.2. The molecular formula is C41H36IrN2O-2. The second kappa shape index (κ2) is 13.5. The van der Waals surface area contributed by atoms with E-state index in [0.29, 0.717) is 11.8 Å². The van der Waals surface area contributed by atoms with E-state index in [1.807, 2.05) is 54.6 Å². The molecule has 1 saturated carbocycles. The Morgan fingerprint density at radius 3 is 2.36 bits per heavy atom. The van der Waals surface area contributed by atoms with Crippen LogP contribution in [0.25, 0.3) is 55.2 Å². The minimum Gasteiger partial charge on any atom is -0.501 e. The van der Waals surface area contributed by atoms with Crippen LogP contribution in [0.5, 0.6) is 0 Å². The topological polar surface area (TPSA) is 38.9 Å². The SMILES string of the molecule is Cc1[c-]c(-c2ncc(C(C)C)c3cc(C4CCCC4)ccc23)c2oc3ccccc3c2c1.[Ir].[c-]1ccccc1-c1ccccn1. The van der Waals surface area contributed by atoms with E-state index in [-0.39, 0.29) is 20.1 Å². The average Bonchev–Trinajstić information content (AvgIpc) is 3.74. The van der Waals surface area contributed by atoms with Gasteiger partial charge in [-0.15, -0.1) is 53.6 Å².